The molecule has 0 saturated heterocycles. The van der Waals surface area contributed by atoms with Gasteiger partial charge in [0.05, 0.1) is 0 Å². The number of nitrogens with zero attached hydrogens (tertiary/aromatic N) is 1. The Morgan fingerprint density at radius 2 is 2.18 bits per heavy atom. The second-order valence-electron chi connectivity index (χ2n) is 4.14. The van der Waals surface area contributed by atoms with Crippen LogP contribution < -0.4 is 5.43 Å². The van der Waals surface area contributed by atoms with Crippen LogP contribution in [0, 0.1) is 5.92 Å². The molecule has 2 unspecified atom stereocenters. The number of benzene rings is 1. The topological polar surface area (TPSA) is 41.5 Å². The molecule has 1 aliphatic carbocycles. The molecule has 0 spiro atoms. The third kappa shape index (κ3) is 3.03. The quantitative estimate of drug-likeness (QED) is 0.624. The third-order valence-electron chi connectivity index (χ3n) is 2.88. The molecule has 1 aromatic carbocycles. The van der Waals surface area contributed by atoms with Crippen molar-refractivity contribution in [3.8, 4) is 0 Å². The van der Waals surface area contributed by atoms with Crippen molar-refractivity contribution in [2.45, 2.75) is 19.3 Å². The average Bonchev–Trinajstić information content (AvgIpc) is 3.16. The molecule has 0 aliphatic heterocycles. The molecular formula is C14H16N2O. The molecule has 88 valence electrons. The van der Waals surface area contributed by atoms with Gasteiger partial charge in [0.2, 0.25) is 5.91 Å². The minimum atomic E-state index is 0.0135. The minimum absolute atomic E-state index is 0.0135. The lowest BCUT2D eigenvalue weighted by Crippen LogP contribution is -2.19. The van der Waals surface area contributed by atoms with Gasteiger partial charge in [-0.1, -0.05) is 36.4 Å². The Balaban J connectivity index is 1.84. The van der Waals surface area contributed by atoms with Crippen molar-refractivity contribution in [2.75, 3.05) is 0 Å². The Bertz CT molecular complexity index is 437. The maximum absolute atomic E-state index is 11.7. The summed E-state index contributed by atoms with van der Waals surface area (Å²) in [6.45, 7) is 1.90. The van der Waals surface area contributed by atoms with E-state index in [-0.39, 0.29) is 11.8 Å². The van der Waals surface area contributed by atoms with Crippen molar-refractivity contribution in [3.05, 3.63) is 48.0 Å². The minimum Gasteiger partial charge on any atom is -0.273 e. The van der Waals surface area contributed by atoms with Crippen molar-refractivity contribution in [3.63, 3.8) is 0 Å². The number of carbonyl (C=O) groups is 1. The molecule has 1 N–H and O–H groups in total. The fourth-order valence-electron chi connectivity index (χ4n) is 1.87. The number of amides is 1. The molecule has 3 nitrogen and oxygen atoms in total. The molecule has 1 fully saturated rings. The fourth-order valence-corrected chi connectivity index (χ4v) is 1.87. The summed E-state index contributed by atoms with van der Waals surface area (Å²) >= 11 is 0. The van der Waals surface area contributed by atoms with Gasteiger partial charge in [-0.2, -0.15) is 5.10 Å². The van der Waals surface area contributed by atoms with E-state index in [0.29, 0.717) is 5.92 Å². The van der Waals surface area contributed by atoms with E-state index in [1.54, 1.807) is 12.3 Å². The summed E-state index contributed by atoms with van der Waals surface area (Å²) in [7, 11) is 0. The second-order valence-corrected chi connectivity index (χ2v) is 4.14. The van der Waals surface area contributed by atoms with Crippen LogP contribution in [-0.4, -0.2) is 12.1 Å². The predicted molar refractivity (Wildman–Crippen MR) is 68.7 cm³/mol. The van der Waals surface area contributed by atoms with Gasteiger partial charge in [-0.05, 0) is 30.9 Å². The van der Waals surface area contributed by atoms with E-state index in [4.69, 9.17) is 0 Å². The number of nitrogens with one attached hydrogen (secondary N) is 1. The molecule has 1 saturated carbocycles. The van der Waals surface area contributed by atoms with Crippen LogP contribution in [0.25, 0.3) is 0 Å². The lowest BCUT2D eigenvalue weighted by molar-refractivity contribution is -0.122. The van der Waals surface area contributed by atoms with Crippen molar-refractivity contribution in [2.24, 2.45) is 11.0 Å². The highest BCUT2D eigenvalue weighted by molar-refractivity contribution is 5.84. The maximum atomic E-state index is 11.7. The van der Waals surface area contributed by atoms with Gasteiger partial charge in [0.15, 0.2) is 0 Å². The molecule has 2 rings (SSSR count). The molecular weight excluding hydrogens is 212 g/mol. The van der Waals surface area contributed by atoms with E-state index in [1.165, 1.54) is 5.56 Å². The summed E-state index contributed by atoms with van der Waals surface area (Å²) in [6, 6.07) is 10.1. The van der Waals surface area contributed by atoms with E-state index in [1.807, 2.05) is 31.2 Å². The van der Waals surface area contributed by atoms with Crippen LogP contribution in [0.4, 0.5) is 0 Å². The zero-order chi connectivity index (χ0) is 12.1. The second kappa shape index (κ2) is 5.43. The number of hydrazone groups is 1. The Morgan fingerprint density at radius 3 is 2.88 bits per heavy atom. The van der Waals surface area contributed by atoms with Crippen molar-refractivity contribution in [1.29, 1.82) is 0 Å². The summed E-state index contributed by atoms with van der Waals surface area (Å²) in [5.74, 6) is 0.466. The largest absolute Gasteiger partial charge is 0.273 e. The molecule has 2 atom stereocenters. The van der Waals surface area contributed by atoms with Gasteiger partial charge in [-0.15, -0.1) is 0 Å². The monoisotopic (exact) mass is 228 g/mol. The van der Waals surface area contributed by atoms with Gasteiger partial charge in [-0.3, -0.25) is 4.79 Å². The molecule has 1 amide bonds. The van der Waals surface area contributed by atoms with Crippen LogP contribution in [-0.2, 0) is 4.79 Å². The first kappa shape index (κ1) is 11.6. The van der Waals surface area contributed by atoms with Gasteiger partial charge in [0.25, 0.3) is 0 Å². The van der Waals surface area contributed by atoms with Crippen molar-refractivity contribution >= 4 is 12.1 Å². The normalized spacial score (nSPS) is 23.1. The van der Waals surface area contributed by atoms with E-state index < -0.39 is 0 Å². The molecule has 0 radical (unpaired) electrons. The standard InChI is InChI=1S/C14H16N2O/c1-2-3-9-15-16-14(17)13-10-12(13)11-7-5-4-6-8-11/h2-9,12-13H,10H2,1H3,(H,16,17)/b3-2+,15-9+. The zero-order valence-corrected chi connectivity index (χ0v) is 9.84. The molecule has 0 aromatic heterocycles. The van der Waals surface area contributed by atoms with Crippen LogP contribution in [0.1, 0.15) is 24.8 Å². The van der Waals surface area contributed by atoms with Crippen LogP contribution >= 0.6 is 0 Å². The smallest absolute Gasteiger partial charge is 0.243 e. The molecule has 17 heavy (non-hydrogen) atoms. The van der Waals surface area contributed by atoms with Crippen LogP contribution in [0.3, 0.4) is 0 Å². The number of rotatable bonds is 4. The first-order valence-electron chi connectivity index (χ1n) is 5.82. The molecule has 0 heterocycles. The van der Waals surface area contributed by atoms with Gasteiger partial charge >= 0.3 is 0 Å². The van der Waals surface area contributed by atoms with Crippen LogP contribution in [0.15, 0.2) is 47.6 Å². The highest BCUT2D eigenvalue weighted by atomic mass is 16.2. The fraction of sp³-hybridized carbons (Fsp3) is 0.286. The van der Waals surface area contributed by atoms with Gasteiger partial charge in [0, 0.05) is 12.1 Å². The average molecular weight is 228 g/mol. The summed E-state index contributed by atoms with van der Waals surface area (Å²) in [4.78, 5) is 11.7. The summed E-state index contributed by atoms with van der Waals surface area (Å²) in [6.07, 6.45) is 6.15. The molecule has 1 aromatic rings. The lowest BCUT2D eigenvalue weighted by atomic mass is 10.1. The van der Waals surface area contributed by atoms with E-state index in [9.17, 15) is 4.79 Å². The van der Waals surface area contributed by atoms with E-state index in [2.05, 4.69) is 22.7 Å². The molecule has 0 bridgehead atoms. The van der Waals surface area contributed by atoms with Crippen molar-refractivity contribution < 1.29 is 4.79 Å². The highest BCUT2D eigenvalue weighted by Crippen LogP contribution is 2.47. The SMILES string of the molecule is C/C=C/C=N/NC(=O)C1CC1c1ccccc1. The van der Waals surface area contributed by atoms with E-state index >= 15 is 0 Å². The lowest BCUT2D eigenvalue weighted by Gasteiger charge is -1.99. The van der Waals surface area contributed by atoms with Crippen LogP contribution in [0.2, 0.25) is 0 Å². The summed E-state index contributed by atoms with van der Waals surface area (Å²) in [5, 5.41) is 3.84. The molecule has 1 aliphatic rings. The Labute approximate surface area is 101 Å². The molecule has 3 heteroatoms. The Kier molecular flexibility index (Phi) is 3.70. The Morgan fingerprint density at radius 1 is 1.41 bits per heavy atom. The van der Waals surface area contributed by atoms with Gasteiger partial charge in [0.1, 0.15) is 0 Å². The highest BCUT2D eigenvalue weighted by Gasteiger charge is 2.43. The maximum Gasteiger partial charge on any atom is 0.243 e. The number of hydrogen-bond donors (Lipinski definition) is 1. The Hall–Kier alpha value is -1.90. The first-order valence-corrected chi connectivity index (χ1v) is 5.82. The first-order chi connectivity index (χ1) is 8.33. The number of hydrogen-bond acceptors (Lipinski definition) is 2. The predicted octanol–water partition coefficient (Wildman–Crippen LogP) is 2.47. The number of allylic oxidation sites excluding steroid dienone is 2. The third-order valence-corrected chi connectivity index (χ3v) is 2.88. The summed E-state index contributed by atoms with van der Waals surface area (Å²) in [5.41, 5.74) is 3.80. The number of carbonyl (C=O) groups excluding carboxylic acids is 1. The van der Waals surface area contributed by atoms with Crippen molar-refractivity contribution in [1.82, 2.24) is 5.43 Å². The van der Waals surface area contributed by atoms with Gasteiger partial charge < -0.3 is 0 Å². The zero-order valence-electron chi connectivity index (χ0n) is 9.84. The van der Waals surface area contributed by atoms with Crippen LogP contribution in [0.5, 0.6) is 0 Å². The van der Waals surface area contributed by atoms with E-state index in [0.717, 1.165) is 6.42 Å². The van der Waals surface area contributed by atoms with Gasteiger partial charge in [-0.25, -0.2) is 5.43 Å². The summed E-state index contributed by atoms with van der Waals surface area (Å²) < 4.78 is 0.